The first-order valence-corrected chi connectivity index (χ1v) is 2.85. The van der Waals surface area contributed by atoms with Crippen LogP contribution < -0.4 is 5.32 Å². The van der Waals surface area contributed by atoms with E-state index in [2.05, 4.69) is 5.32 Å². The average Bonchev–Trinajstić information content (AvgIpc) is 1.90. The van der Waals surface area contributed by atoms with Crippen LogP contribution in [0, 0.1) is 0 Å². The normalized spacial score (nSPS) is 27.0. The molecule has 2 N–H and O–H groups in total. The van der Waals surface area contributed by atoms with E-state index in [0.717, 1.165) is 13.2 Å². The molecule has 1 aliphatic heterocycles. The predicted molar refractivity (Wildman–Crippen MR) is 36.9 cm³/mol. The van der Waals surface area contributed by atoms with Crippen molar-refractivity contribution in [3.05, 3.63) is 0 Å². The fourth-order valence-corrected chi connectivity index (χ4v) is 0.737. The monoisotopic (exact) mass is 153 g/mol. The second-order valence-corrected chi connectivity index (χ2v) is 1.91. The van der Waals surface area contributed by atoms with Crippen molar-refractivity contribution in [2.75, 3.05) is 26.4 Å². The van der Waals surface area contributed by atoms with Gasteiger partial charge in [-0.3, -0.25) is 0 Å². The van der Waals surface area contributed by atoms with Gasteiger partial charge in [0.1, 0.15) is 0 Å². The first kappa shape index (κ1) is 9.17. The third kappa shape index (κ3) is 3.01. The van der Waals surface area contributed by atoms with Gasteiger partial charge in [0.05, 0.1) is 25.9 Å². The van der Waals surface area contributed by atoms with E-state index >= 15 is 0 Å². The highest BCUT2D eigenvalue weighted by atomic mass is 35.5. The van der Waals surface area contributed by atoms with Crippen molar-refractivity contribution in [3.63, 3.8) is 0 Å². The standard InChI is InChI=1S/C5H11NO2.ClH/c7-3-5-4-8-2-1-6-5;/h5-7H,1-4H2;1H/t5-;/m1./s1. The number of hydrogen-bond acceptors (Lipinski definition) is 3. The maximum Gasteiger partial charge on any atom is 0.0642 e. The maximum absolute atomic E-state index is 8.55. The van der Waals surface area contributed by atoms with Crippen LogP contribution in [-0.4, -0.2) is 37.5 Å². The van der Waals surface area contributed by atoms with E-state index in [1.165, 1.54) is 0 Å². The number of rotatable bonds is 1. The number of ether oxygens (including phenoxy) is 1. The summed E-state index contributed by atoms with van der Waals surface area (Å²) in [6.07, 6.45) is 0. The highest BCUT2D eigenvalue weighted by Gasteiger charge is 2.09. The molecule has 0 spiro atoms. The largest absolute Gasteiger partial charge is 0.395 e. The van der Waals surface area contributed by atoms with E-state index in [1.807, 2.05) is 0 Å². The Labute approximate surface area is 60.8 Å². The number of aliphatic hydroxyl groups excluding tert-OH is 1. The van der Waals surface area contributed by atoms with Crippen molar-refractivity contribution in [1.29, 1.82) is 0 Å². The Balaban J connectivity index is 0.000000640. The number of aliphatic hydroxyl groups is 1. The molecule has 0 aliphatic carbocycles. The van der Waals surface area contributed by atoms with Crippen molar-refractivity contribution >= 4 is 12.4 Å². The van der Waals surface area contributed by atoms with Crippen LogP contribution >= 0.6 is 12.4 Å². The lowest BCUT2D eigenvalue weighted by Gasteiger charge is -2.21. The van der Waals surface area contributed by atoms with Gasteiger partial charge in [0.15, 0.2) is 0 Å². The van der Waals surface area contributed by atoms with Crippen molar-refractivity contribution in [3.8, 4) is 0 Å². The molecule has 1 fully saturated rings. The molecule has 0 saturated carbocycles. The summed E-state index contributed by atoms with van der Waals surface area (Å²) in [7, 11) is 0. The molecule has 9 heavy (non-hydrogen) atoms. The molecule has 1 rings (SSSR count). The summed E-state index contributed by atoms with van der Waals surface area (Å²) in [6.45, 7) is 2.47. The van der Waals surface area contributed by atoms with Gasteiger partial charge in [0.2, 0.25) is 0 Å². The van der Waals surface area contributed by atoms with Gasteiger partial charge in [-0.15, -0.1) is 12.4 Å². The summed E-state index contributed by atoms with van der Waals surface area (Å²) >= 11 is 0. The molecule has 0 bridgehead atoms. The van der Waals surface area contributed by atoms with Gasteiger partial charge < -0.3 is 15.2 Å². The van der Waals surface area contributed by atoms with Crippen LogP contribution in [0.2, 0.25) is 0 Å². The molecule has 1 heterocycles. The van der Waals surface area contributed by atoms with Crippen LogP contribution in [0.4, 0.5) is 0 Å². The molecule has 0 amide bonds. The van der Waals surface area contributed by atoms with Crippen molar-refractivity contribution < 1.29 is 9.84 Å². The molecular weight excluding hydrogens is 142 g/mol. The molecule has 1 aliphatic rings. The maximum atomic E-state index is 8.55. The van der Waals surface area contributed by atoms with Gasteiger partial charge in [-0.05, 0) is 0 Å². The molecule has 0 aromatic heterocycles. The summed E-state index contributed by atoms with van der Waals surface area (Å²) in [4.78, 5) is 0. The Hall–Kier alpha value is 0.170. The summed E-state index contributed by atoms with van der Waals surface area (Å²) in [6, 6.07) is 0.170. The predicted octanol–water partition coefficient (Wildman–Crippen LogP) is -0.611. The second-order valence-electron chi connectivity index (χ2n) is 1.91. The van der Waals surface area contributed by atoms with Gasteiger partial charge in [0, 0.05) is 6.54 Å². The van der Waals surface area contributed by atoms with Crippen LogP contribution in [0.1, 0.15) is 0 Å². The van der Waals surface area contributed by atoms with Crippen LogP contribution in [-0.2, 0) is 4.74 Å². The van der Waals surface area contributed by atoms with E-state index in [4.69, 9.17) is 9.84 Å². The zero-order valence-electron chi connectivity index (χ0n) is 5.17. The summed E-state index contributed by atoms with van der Waals surface area (Å²) in [5.41, 5.74) is 0. The third-order valence-electron chi connectivity index (χ3n) is 1.22. The van der Waals surface area contributed by atoms with Gasteiger partial charge >= 0.3 is 0 Å². The summed E-state index contributed by atoms with van der Waals surface area (Å²) < 4.78 is 5.05. The molecule has 0 aromatic carbocycles. The van der Waals surface area contributed by atoms with Crippen molar-refractivity contribution in [2.45, 2.75) is 6.04 Å². The van der Waals surface area contributed by atoms with Crippen molar-refractivity contribution in [1.82, 2.24) is 5.32 Å². The van der Waals surface area contributed by atoms with Gasteiger partial charge in [-0.2, -0.15) is 0 Å². The molecular formula is C5H12ClNO2. The first-order chi connectivity index (χ1) is 3.93. The van der Waals surface area contributed by atoms with Gasteiger partial charge in [-0.1, -0.05) is 0 Å². The van der Waals surface area contributed by atoms with Gasteiger partial charge in [0.25, 0.3) is 0 Å². The molecule has 0 aromatic rings. The first-order valence-electron chi connectivity index (χ1n) is 2.85. The zero-order chi connectivity index (χ0) is 5.82. The Morgan fingerprint density at radius 3 is 2.78 bits per heavy atom. The molecule has 4 heteroatoms. The smallest absolute Gasteiger partial charge is 0.0642 e. The minimum atomic E-state index is 0. The zero-order valence-corrected chi connectivity index (χ0v) is 5.99. The van der Waals surface area contributed by atoms with E-state index in [1.54, 1.807) is 0 Å². The quantitative estimate of drug-likeness (QED) is 0.528. The Morgan fingerprint density at radius 2 is 2.44 bits per heavy atom. The molecule has 1 saturated heterocycles. The highest BCUT2D eigenvalue weighted by molar-refractivity contribution is 5.85. The topological polar surface area (TPSA) is 41.5 Å². The van der Waals surface area contributed by atoms with Gasteiger partial charge in [-0.25, -0.2) is 0 Å². The Bertz CT molecular complexity index is 66.0. The molecule has 56 valence electrons. The molecule has 1 atom stereocenters. The highest BCUT2D eigenvalue weighted by Crippen LogP contribution is 1.89. The average molecular weight is 154 g/mol. The lowest BCUT2D eigenvalue weighted by molar-refractivity contribution is 0.0550. The lowest BCUT2D eigenvalue weighted by Crippen LogP contribution is -2.43. The molecule has 0 unspecified atom stereocenters. The fraction of sp³-hybridized carbons (Fsp3) is 1.00. The van der Waals surface area contributed by atoms with Crippen LogP contribution in [0.5, 0.6) is 0 Å². The number of halogens is 1. The minimum absolute atomic E-state index is 0. The van der Waals surface area contributed by atoms with E-state index < -0.39 is 0 Å². The van der Waals surface area contributed by atoms with E-state index in [0.29, 0.717) is 6.61 Å². The van der Waals surface area contributed by atoms with E-state index in [-0.39, 0.29) is 25.1 Å². The third-order valence-corrected chi connectivity index (χ3v) is 1.22. The fourth-order valence-electron chi connectivity index (χ4n) is 0.737. The van der Waals surface area contributed by atoms with Crippen LogP contribution in [0.15, 0.2) is 0 Å². The molecule has 0 radical (unpaired) electrons. The SMILES string of the molecule is Cl.OC[C@@H]1COCCN1. The number of hydrogen-bond donors (Lipinski definition) is 2. The number of morpholine rings is 1. The Kier molecular flexibility index (Phi) is 5.09. The number of nitrogens with one attached hydrogen (secondary N) is 1. The van der Waals surface area contributed by atoms with Crippen LogP contribution in [0.25, 0.3) is 0 Å². The second kappa shape index (κ2) is 4.99. The van der Waals surface area contributed by atoms with Crippen molar-refractivity contribution in [2.24, 2.45) is 0 Å². The van der Waals surface area contributed by atoms with E-state index in [9.17, 15) is 0 Å². The molecule has 3 nitrogen and oxygen atoms in total. The summed E-state index contributed by atoms with van der Waals surface area (Å²) in [5.74, 6) is 0. The Morgan fingerprint density at radius 1 is 1.67 bits per heavy atom. The summed E-state index contributed by atoms with van der Waals surface area (Å²) in [5, 5.41) is 11.6. The lowest BCUT2D eigenvalue weighted by atomic mass is 10.3. The minimum Gasteiger partial charge on any atom is -0.395 e. The van der Waals surface area contributed by atoms with Crippen LogP contribution in [0.3, 0.4) is 0 Å².